The highest BCUT2D eigenvalue weighted by atomic mass is 16.4. The van der Waals surface area contributed by atoms with Gasteiger partial charge in [0, 0.05) is 17.8 Å². The van der Waals surface area contributed by atoms with Gasteiger partial charge < -0.3 is 15.7 Å². The van der Waals surface area contributed by atoms with Crippen molar-refractivity contribution < 1.29 is 14.7 Å². The average molecular weight is 319 g/mol. The van der Waals surface area contributed by atoms with Gasteiger partial charge in [-0.25, -0.2) is 4.79 Å². The van der Waals surface area contributed by atoms with E-state index in [2.05, 4.69) is 17.6 Å². The van der Waals surface area contributed by atoms with Crippen molar-refractivity contribution in [1.82, 2.24) is 10.2 Å². The van der Waals surface area contributed by atoms with Gasteiger partial charge in [0.1, 0.15) is 0 Å². The first kappa shape index (κ1) is 17.3. The van der Waals surface area contributed by atoms with Crippen LogP contribution < -0.4 is 10.6 Å². The van der Waals surface area contributed by atoms with Crippen LogP contribution in [0.4, 0.5) is 10.5 Å². The number of anilines is 1. The fourth-order valence-corrected chi connectivity index (χ4v) is 2.90. The molecular formula is C17H25N3O3. The van der Waals surface area contributed by atoms with E-state index in [9.17, 15) is 9.59 Å². The number of nitrogens with zero attached hydrogens (tertiary/aromatic N) is 1. The summed E-state index contributed by atoms with van der Waals surface area (Å²) in [6.45, 7) is 4.80. The number of hydrogen-bond acceptors (Lipinski definition) is 3. The van der Waals surface area contributed by atoms with Gasteiger partial charge in [0.25, 0.3) is 0 Å². The van der Waals surface area contributed by atoms with E-state index in [0.717, 1.165) is 24.9 Å². The van der Waals surface area contributed by atoms with Crippen LogP contribution >= 0.6 is 0 Å². The topological polar surface area (TPSA) is 81.7 Å². The quantitative estimate of drug-likeness (QED) is 0.720. The lowest BCUT2D eigenvalue weighted by Crippen LogP contribution is -2.55. The molecule has 6 nitrogen and oxygen atoms in total. The number of carboxylic acids is 1. The minimum Gasteiger partial charge on any atom is -0.480 e. The number of carbonyl (C=O) groups excluding carboxylic acids is 1. The summed E-state index contributed by atoms with van der Waals surface area (Å²) in [5.41, 5.74) is 1.97. The van der Waals surface area contributed by atoms with Gasteiger partial charge in [0.15, 0.2) is 0 Å². The Hall–Kier alpha value is -2.08. The lowest BCUT2D eigenvalue weighted by atomic mass is 9.85. The Morgan fingerprint density at radius 3 is 2.65 bits per heavy atom. The summed E-state index contributed by atoms with van der Waals surface area (Å²) in [6.07, 6.45) is 2.52. The standard InChI is InChI=1S/C17H25N3O3/c1-3-12-6-5-7-13(8-12)18-17(23)19-14-9-15(10-14)20(4-2)11-16(21)22/h5-8,14-15H,3-4,9-11H2,1-2H3,(H,21,22)(H2,18,19,23). The normalized spacial score (nSPS) is 20.0. The molecule has 0 spiro atoms. The summed E-state index contributed by atoms with van der Waals surface area (Å²) in [5, 5.41) is 14.7. The predicted molar refractivity (Wildman–Crippen MR) is 89.7 cm³/mol. The Bertz CT molecular complexity index is 556. The Kier molecular flexibility index (Phi) is 5.98. The average Bonchev–Trinajstić information content (AvgIpc) is 2.48. The number of rotatable bonds is 7. The zero-order valence-corrected chi connectivity index (χ0v) is 13.7. The molecule has 1 fully saturated rings. The molecule has 1 aliphatic rings. The summed E-state index contributed by atoms with van der Waals surface area (Å²) in [5.74, 6) is -0.809. The molecule has 0 saturated heterocycles. The van der Waals surface area contributed by atoms with Gasteiger partial charge in [-0.3, -0.25) is 9.69 Å². The van der Waals surface area contributed by atoms with Crippen LogP contribution in [0.2, 0.25) is 0 Å². The number of aryl methyl sites for hydroxylation is 1. The lowest BCUT2D eigenvalue weighted by Gasteiger charge is -2.42. The van der Waals surface area contributed by atoms with E-state index in [4.69, 9.17) is 5.11 Å². The maximum atomic E-state index is 12.0. The summed E-state index contributed by atoms with van der Waals surface area (Å²) < 4.78 is 0. The van der Waals surface area contributed by atoms with Crippen LogP contribution in [0.3, 0.4) is 0 Å². The number of aliphatic carboxylic acids is 1. The Morgan fingerprint density at radius 2 is 2.04 bits per heavy atom. The third-order valence-electron chi connectivity index (χ3n) is 4.30. The summed E-state index contributed by atoms with van der Waals surface area (Å²) in [6, 6.07) is 7.94. The molecule has 3 N–H and O–H groups in total. The third-order valence-corrected chi connectivity index (χ3v) is 4.30. The molecule has 0 unspecified atom stereocenters. The Morgan fingerprint density at radius 1 is 1.30 bits per heavy atom. The maximum Gasteiger partial charge on any atom is 0.319 e. The van der Waals surface area contributed by atoms with Crippen molar-refractivity contribution in [3.05, 3.63) is 29.8 Å². The first-order chi connectivity index (χ1) is 11.0. The third kappa shape index (κ3) is 4.96. The number of carboxylic acid groups (broad SMARTS) is 1. The molecule has 0 aromatic heterocycles. The van der Waals surface area contributed by atoms with Gasteiger partial charge in [0.05, 0.1) is 6.54 Å². The van der Waals surface area contributed by atoms with E-state index in [-0.39, 0.29) is 24.7 Å². The number of likely N-dealkylation sites (N-methyl/N-ethyl adjacent to an activating group) is 1. The minimum atomic E-state index is -0.809. The largest absolute Gasteiger partial charge is 0.480 e. The van der Waals surface area contributed by atoms with Crippen molar-refractivity contribution in [3.8, 4) is 0 Å². The molecule has 23 heavy (non-hydrogen) atoms. The summed E-state index contributed by atoms with van der Waals surface area (Å²) >= 11 is 0. The van der Waals surface area contributed by atoms with Crippen molar-refractivity contribution in [2.75, 3.05) is 18.4 Å². The second-order valence-electron chi connectivity index (χ2n) is 5.93. The van der Waals surface area contributed by atoms with Crippen molar-refractivity contribution >= 4 is 17.7 Å². The van der Waals surface area contributed by atoms with E-state index in [1.54, 1.807) is 0 Å². The molecule has 6 heteroatoms. The Labute approximate surface area is 136 Å². The van der Waals surface area contributed by atoms with Gasteiger partial charge in [-0.2, -0.15) is 0 Å². The van der Waals surface area contributed by atoms with Crippen LogP contribution in [-0.2, 0) is 11.2 Å². The van der Waals surface area contributed by atoms with Gasteiger partial charge in [-0.1, -0.05) is 26.0 Å². The van der Waals surface area contributed by atoms with Gasteiger partial charge in [0.2, 0.25) is 0 Å². The first-order valence-corrected chi connectivity index (χ1v) is 8.14. The number of amides is 2. The molecule has 1 aromatic carbocycles. The molecule has 126 valence electrons. The van der Waals surface area contributed by atoms with Crippen LogP contribution in [0.25, 0.3) is 0 Å². The molecular weight excluding hydrogens is 294 g/mol. The van der Waals surface area contributed by atoms with E-state index in [0.29, 0.717) is 6.54 Å². The van der Waals surface area contributed by atoms with E-state index >= 15 is 0 Å². The number of carbonyl (C=O) groups is 2. The second kappa shape index (κ2) is 7.97. The van der Waals surface area contributed by atoms with Crippen molar-refractivity contribution in [1.29, 1.82) is 0 Å². The zero-order valence-electron chi connectivity index (χ0n) is 13.7. The van der Waals surface area contributed by atoms with Gasteiger partial charge >= 0.3 is 12.0 Å². The Balaban J connectivity index is 1.76. The lowest BCUT2D eigenvalue weighted by molar-refractivity contribution is -0.139. The molecule has 2 amide bonds. The molecule has 1 aromatic rings. The molecule has 0 bridgehead atoms. The SMILES string of the molecule is CCc1cccc(NC(=O)NC2CC(N(CC)CC(=O)O)C2)c1. The van der Waals surface area contributed by atoms with Crippen LogP contribution in [0.1, 0.15) is 32.3 Å². The van der Waals surface area contributed by atoms with Crippen molar-refractivity contribution in [2.24, 2.45) is 0 Å². The van der Waals surface area contributed by atoms with Crippen molar-refractivity contribution in [2.45, 2.75) is 45.2 Å². The number of nitrogens with one attached hydrogen (secondary N) is 2. The summed E-state index contributed by atoms with van der Waals surface area (Å²) in [7, 11) is 0. The monoisotopic (exact) mass is 319 g/mol. The highest BCUT2D eigenvalue weighted by Crippen LogP contribution is 2.25. The molecule has 0 atom stereocenters. The maximum absolute atomic E-state index is 12.0. The summed E-state index contributed by atoms with van der Waals surface area (Å²) in [4.78, 5) is 24.7. The van der Waals surface area contributed by atoms with E-state index in [1.165, 1.54) is 5.56 Å². The molecule has 2 rings (SSSR count). The minimum absolute atomic E-state index is 0.0594. The van der Waals surface area contributed by atoms with Crippen LogP contribution in [0, 0.1) is 0 Å². The highest BCUT2D eigenvalue weighted by Gasteiger charge is 2.34. The van der Waals surface area contributed by atoms with E-state index < -0.39 is 5.97 Å². The van der Waals surface area contributed by atoms with Crippen LogP contribution in [0.15, 0.2) is 24.3 Å². The van der Waals surface area contributed by atoms with Crippen molar-refractivity contribution in [3.63, 3.8) is 0 Å². The predicted octanol–water partition coefficient (Wildman–Crippen LogP) is 2.31. The van der Waals surface area contributed by atoms with Gasteiger partial charge in [-0.15, -0.1) is 0 Å². The van der Waals surface area contributed by atoms with Gasteiger partial charge in [-0.05, 0) is 43.5 Å². The van der Waals surface area contributed by atoms with E-state index in [1.807, 2.05) is 36.1 Å². The highest BCUT2D eigenvalue weighted by molar-refractivity contribution is 5.89. The fourth-order valence-electron chi connectivity index (χ4n) is 2.90. The fraction of sp³-hybridized carbons (Fsp3) is 0.529. The smallest absolute Gasteiger partial charge is 0.319 e. The molecule has 0 radical (unpaired) electrons. The number of hydrogen-bond donors (Lipinski definition) is 3. The zero-order chi connectivity index (χ0) is 16.8. The number of urea groups is 1. The van der Waals surface area contributed by atoms with Crippen LogP contribution in [-0.4, -0.2) is 47.2 Å². The first-order valence-electron chi connectivity index (χ1n) is 8.14. The second-order valence-corrected chi connectivity index (χ2v) is 5.93. The molecule has 0 aliphatic heterocycles. The number of benzene rings is 1. The molecule has 0 heterocycles. The molecule has 1 aliphatic carbocycles. The van der Waals surface area contributed by atoms with Crippen LogP contribution in [0.5, 0.6) is 0 Å². The molecule has 1 saturated carbocycles.